The molecule has 4 rings (SSSR count). The lowest BCUT2D eigenvalue weighted by atomic mass is 9.71. The molecule has 1 aliphatic heterocycles. The Morgan fingerprint density at radius 2 is 1.88 bits per heavy atom. The Bertz CT molecular complexity index is 1160. The number of rotatable bonds is 6. The molecule has 0 amide bonds. The first-order chi connectivity index (χ1) is 16.3. The van der Waals surface area contributed by atoms with Crippen LogP contribution in [0.25, 0.3) is 0 Å². The van der Waals surface area contributed by atoms with Crippen LogP contribution in [0.4, 0.5) is 0 Å². The molecule has 2 N–H and O–H groups in total. The summed E-state index contributed by atoms with van der Waals surface area (Å²) in [6.45, 7) is 5.65. The molecule has 1 heterocycles. The number of phenolic OH excluding ortho intramolecular Hbond substituents is 1. The van der Waals surface area contributed by atoms with Crippen LogP contribution < -0.4 is 10.1 Å². The fourth-order valence-corrected chi connectivity index (χ4v) is 4.81. The average Bonchev–Trinajstić information content (AvgIpc) is 2.83. The summed E-state index contributed by atoms with van der Waals surface area (Å²) < 4.78 is 11.0. The summed E-state index contributed by atoms with van der Waals surface area (Å²) in [7, 11) is 1.47. The van der Waals surface area contributed by atoms with Crippen LogP contribution in [0.1, 0.15) is 63.0 Å². The summed E-state index contributed by atoms with van der Waals surface area (Å²) in [5, 5.41) is 13.5. The number of methoxy groups -OCH3 is 1. The Balaban J connectivity index is 1.82. The number of Topliss-reactive ketones (excluding diaryl/α,β-unsaturated/α-hetero) is 1. The van der Waals surface area contributed by atoms with Gasteiger partial charge in [0.1, 0.15) is 0 Å². The molecule has 0 saturated heterocycles. The van der Waals surface area contributed by atoms with Gasteiger partial charge in [0.2, 0.25) is 0 Å². The largest absolute Gasteiger partial charge is 0.504 e. The minimum absolute atomic E-state index is 0.000912. The number of ether oxygens (including phenoxy) is 2. The fourth-order valence-electron chi connectivity index (χ4n) is 4.81. The normalized spacial score (nSPS) is 21.0. The van der Waals surface area contributed by atoms with Crippen LogP contribution in [0.3, 0.4) is 0 Å². The van der Waals surface area contributed by atoms with E-state index in [2.05, 4.69) is 5.32 Å². The third kappa shape index (κ3) is 4.45. The molecule has 3 unspecified atom stereocenters. The van der Waals surface area contributed by atoms with E-state index in [9.17, 15) is 14.7 Å². The molecule has 0 aromatic heterocycles. The third-order valence-corrected chi connectivity index (χ3v) is 6.74. The van der Waals surface area contributed by atoms with E-state index in [-0.39, 0.29) is 29.3 Å². The van der Waals surface area contributed by atoms with Crippen molar-refractivity contribution in [2.75, 3.05) is 7.11 Å². The number of benzene rings is 2. The molecule has 178 valence electrons. The highest BCUT2D eigenvalue weighted by Crippen LogP contribution is 2.47. The lowest BCUT2D eigenvalue weighted by molar-refractivity contribution is -0.144. The van der Waals surface area contributed by atoms with Crippen molar-refractivity contribution in [3.63, 3.8) is 0 Å². The van der Waals surface area contributed by atoms with Crippen LogP contribution in [0.2, 0.25) is 0 Å². The molecule has 0 fully saturated rings. The number of esters is 1. The number of ketones is 1. The van der Waals surface area contributed by atoms with Crippen LogP contribution in [0.5, 0.6) is 11.5 Å². The molecule has 3 atom stereocenters. The smallest absolute Gasteiger partial charge is 0.337 e. The van der Waals surface area contributed by atoms with Gasteiger partial charge < -0.3 is 19.9 Å². The molecule has 1 aliphatic carbocycles. The van der Waals surface area contributed by atoms with Gasteiger partial charge in [0.15, 0.2) is 17.3 Å². The zero-order valence-electron chi connectivity index (χ0n) is 20.1. The number of nitrogens with one attached hydrogen (secondary N) is 1. The maximum absolute atomic E-state index is 13.6. The maximum atomic E-state index is 13.6. The van der Waals surface area contributed by atoms with Gasteiger partial charge in [-0.1, -0.05) is 43.3 Å². The number of carbonyl (C=O) groups is 2. The van der Waals surface area contributed by atoms with E-state index in [0.717, 1.165) is 11.3 Å². The van der Waals surface area contributed by atoms with Crippen LogP contribution in [0, 0.1) is 0 Å². The van der Waals surface area contributed by atoms with Gasteiger partial charge in [-0.15, -0.1) is 0 Å². The minimum Gasteiger partial charge on any atom is -0.504 e. The van der Waals surface area contributed by atoms with Gasteiger partial charge in [-0.05, 0) is 55.9 Å². The fraction of sp³-hybridized carbons (Fsp3) is 0.357. The lowest BCUT2D eigenvalue weighted by Gasteiger charge is -2.37. The van der Waals surface area contributed by atoms with Crippen LogP contribution >= 0.6 is 0 Å². The molecule has 0 radical (unpaired) electrons. The summed E-state index contributed by atoms with van der Waals surface area (Å²) in [4.78, 5) is 26.9. The Morgan fingerprint density at radius 1 is 1.15 bits per heavy atom. The number of dihydropyridines is 1. The molecule has 6 nitrogen and oxygen atoms in total. The van der Waals surface area contributed by atoms with Crippen molar-refractivity contribution in [2.24, 2.45) is 0 Å². The Hall–Kier alpha value is -3.54. The number of hydrogen-bond donors (Lipinski definition) is 2. The summed E-state index contributed by atoms with van der Waals surface area (Å²) in [6, 6.07) is 15.0. The third-order valence-electron chi connectivity index (χ3n) is 6.74. The second-order valence-electron chi connectivity index (χ2n) is 8.98. The predicted octanol–water partition coefficient (Wildman–Crippen LogP) is 5.10. The van der Waals surface area contributed by atoms with E-state index in [1.165, 1.54) is 13.2 Å². The predicted molar refractivity (Wildman–Crippen MR) is 130 cm³/mol. The molecule has 0 spiro atoms. The zero-order chi connectivity index (χ0) is 24.4. The number of phenols is 1. The average molecular weight is 462 g/mol. The first-order valence-electron chi connectivity index (χ1n) is 11.7. The van der Waals surface area contributed by atoms with E-state index in [1.807, 2.05) is 51.1 Å². The van der Waals surface area contributed by atoms with Gasteiger partial charge in [-0.25, -0.2) is 4.79 Å². The van der Waals surface area contributed by atoms with Gasteiger partial charge in [0.25, 0.3) is 0 Å². The van der Waals surface area contributed by atoms with E-state index < -0.39 is 11.9 Å². The van der Waals surface area contributed by atoms with Gasteiger partial charge in [-0.3, -0.25) is 4.79 Å². The van der Waals surface area contributed by atoms with Gasteiger partial charge in [0, 0.05) is 29.3 Å². The first-order valence-corrected chi connectivity index (χ1v) is 11.7. The SMILES string of the molecule is CCC(C)OC(=O)C1=C(C)NC2=C(C(=O)CC(c3ccccc3)C2)C1c1ccc(O)c(OC)c1. The van der Waals surface area contributed by atoms with Gasteiger partial charge in [-0.2, -0.15) is 0 Å². The van der Waals surface area contributed by atoms with Crippen molar-refractivity contribution < 1.29 is 24.2 Å². The van der Waals surface area contributed by atoms with E-state index in [4.69, 9.17) is 9.47 Å². The number of allylic oxidation sites excluding steroid dienone is 3. The van der Waals surface area contributed by atoms with Crippen LogP contribution in [-0.4, -0.2) is 30.1 Å². The van der Waals surface area contributed by atoms with Crippen molar-refractivity contribution in [2.45, 2.75) is 58.0 Å². The Morgan fingerprint density at radius 3 is 2.56 bits per heavy atom. The molecular formula is C28H31NO5. The van der Waals surface area contributed by atoms with Crippen molar-refractivity contribution in [3.05, 3.63) is 82.2 Å². The molecular weight excluding hydrogens is 430 g/mol. The highest BCUT2D eigenvalue weighted by molar-refractivity contribution is 6.04. The first kappa shape index (κ1) is 23.6. The second-order valence-corrected chi connectivity index (χ2v) is 8.98. The van der Waals surface area contributed by atoms with Crippen molar-refractivity contribution in [1.82, 2.24) is 5.32 Å². The Kier molecular flexibility index (Phi) is 6.77. The molecule has 2 aliphatic rings. The number of carbonyl (C=O) groups excluding carboxylic acids is 2. The minimum atomic E-state index is -0.605. The van der Waals surface area contributed by atoms with Gasteiger partial charge in [0.05, 0.1) is 18.8 Å². The Labute approximate surface area is 200 Å². The van der Waals surface area contributed by atoms with Gasteiger partial charge >= 0.3 is 5.97 Å². The molecule has 0 bridgehead atoms. The second kappa shape index (κ2) is 9.75. The summed E-state index contributed by atoms with van der Waals surface area (Å²) in [5.74, 6) is -0.696. The monoisotopic (exact) mass is 461 g/mol. The van der Waals surface area contributed by atoms with E-state index in [0.29, 0.717) is 41.7 Å². The topological polar surface area (TPSA) is 84.9 Å². The molecule has 6 heteroatoms. The van der Waals surface area contributed by atoms with Crippen molar-refractivity contribution in [1.29, 1.82) is 0 Å². The molecule has 34 heavy (non-hydrogen) atoms. The summed E-state index contributed by atoms with van der Waals surface area (Å²) in [5.41, 5.74) is 4.33. The number of aromatic hydroxyl groups is 1. The summed E-state index contributed by atoms with van der Waals surface area (Å²) >= 11 is 0. The molecule has 0 saturated carbocycles. The van der Waals surface area contributed by atoms with Crippen LogP contribution in [-0.2, 0) is 14.3 Å². The van der Waals surface area contributed by atoms with E-state index >= 15 is 0 Å². The van der Waals surface area contributed by atoms with Crippen molar-refractivity contribution >= 4 is 11.8 Å². The highest BCUT2D eigenvalue weighted by atomic mass is 16.5. The van der Waals surface area contributed by atoms with Crippen molar-refractivity contribution in [3.8, 4) is 11.5 Å². The summed E-state index contributed by atoms with van der Waals surface area (Å²) in [6.07, 6.45) is 1.47. The highest BCUT2D eigenvalue weighted by Gasteiger charge is 2.41. The molecule has 2 aromatic rings. The number of hydrogen-bond acceptors (Lipinski definition) is 6. The molecule has 2 aromatic carbocycles. The quantitative estimate of drug-likeness (QED) is 0.582. The lowest BCUT2D eigenvalue weighted by Crippen LogP contribution is -2.36. The zero-order valence-corrected chi connectivity index (χ0v) is 20.1. The van der Waals surface area contributed by atoms with Crippen LogP contribution in [0.15, 0.2) is 71.1 Å². The maximum Gasteiger partial charge on any atom is 0.337 e. The standard InChI is InChI=1S/C28H31NO5/c1-5-16(2)34-28(32)25-17(3)29-21-13-20(18-9-7-6-8-10-18)14-23(31)27(21)26(25)19-11-12-22(30)24(15-19)33-4/h6-12,15-16,20,26,29-30H,5,13-14H2,1-4H3. The van der Waals surface area contributed by atoms with E-state index in [1.54, 1.807) is 12.1 Å².